The van der Waals surface area contributed by atoms with E-state index in [0.29, 0.717) is 27.2 Å². The van der Waals surface area contributed by atoms with Crippen LogP contribution in [0, 0.1) is 5.92 Å². The van der Waals surface area contributed by atoms with Gasteiger partial charge in [0.2, 0.25) is 0 Å². The van der Waals surface area contributed by atoms with Crippen molar-refractivity contribution in [3.63, 3.8) is 0 Å². The van der Waals surface area contributed by atoms with Crippen LogP contribution in [0.15, 0.2) is 36.5 Å². The summed E-state index contributed by atoms with van der Waals surface area (Å²) in [7, 11) is 0. The van der Waals surface area contributed by atoms with Crippen LogP contribution in [-0.2, 0) is 18.7 Å². The zero-order valence-corrected chi connectivity index (χ0v) is 19.5. The standard InChI is InChI=1S/C22H26N2O6S2/c1-3-28-21(27)19(25)18-13-23-22(32-18)24-20(26)17(12-14-6-4-5-7-14)15-8-10-16(11-9-15)29-30-31-2/h8-14,19,25H,3-7H2,1-2H3,(H,23,24,26). The number of ether oxygens (including phenoxy) is 1. The van der Waals surface area contributed by atoms with Gasteiger partial charge in [-0.15, -0.1) is 4.33 Å². The van der Waals surface area contributed by atoms with Gasteiger partial charge in [0.15, 0.2) is 17.0 Å². The van der Waals surface area contributed by atoms with Gasteiger partial charge in [0, 0.05) is 30.1 Å². The summed E-state index contributed by atoms with van der Waals surface area (Å²) in [5.41, 5.74) is 1.28. The van der Waals surface area contributed by atoms with Gasteiger partial charge in [0.1, 0.15) is 0 Å². The summed E-state index contributed by atoms with van der Waals surface area (Å²) >= 11 is 2.12. The Kier molecular flexibility index (Phi) is 9.10. The van der Waals surface area contributed by atoms with E-state index in [1.807, 2.05) is 6.08 Å². The van der Waals surface area contributed by atoms with Crippen molar-refractivity contribution in [1.29, 1.82) is 0 Å². The Hall–Kier alpha value is -2.40. The quantitative estimate of drug-likeness (QED) is 0.169. The molecule has 2 N–H and O–H groups in total. The molecule has 1 atom stereocenters. The third kappa shape index (κ3) is 6.55. The molecule has 1 amide bonds. The van der Waals surface area contributed by atoms with Gasteiger partial charge in [-0.25, -0.2) is 9.78 Å². The second-order valence-electron chi connectivity index (χ2n) is 7.14. The molecule has 0 saturated heterocycles. The molecule has 1 aromatic carbocycles. The third-order valence-corrected chi connectivity index (χ3v) is 6.10. The number of aromatic nitrogens is 1. The molecule has 1 unspecified atom stereocenters. The molecule has 8 nitrogen and oxygen atoms in total. The van der Waals surface area contributed by atoms with E-state index in [1.54, 1.807) is 37.4 Å². The highest BCUT2D eigenvalue weighted by atomic mass is 32.2. The molecule has 3 rings (SSSR count). The van der Waals surface area contributed by atoms with Crippen molar-refractivity contribution in [3.8, 4) is 5.75 Å². The van der Waals surface area contributed by atoms with Crippen molar-refractivity contribution in [2.45, 2.75) is 38.7 Å². The molecule has 2 aromatic rings. The lowest BCUT2D eigenvalue weighted by Crippen LogP contribution is -2.15. The number of aliphatic hydroxyl groups is 1. The molecule has 0 radical (unpaired) electrons. The zero-order chi connectivity index (χ0) is 22.9. The van der Waals surface area contributed by atoms with E-state index in [9.17, 15) is 14.7 Å². The van der Waals surface area contributed by atoms with Crippen molar-refractivity contribution < 1.29 is 28.7 Å². The van der Waals surface area contributed by atoms with Crippen LogP contribution in [0.25, 0.3) is 5.57 Å². The number of aliphatic hydroxyl groups excluding tert-OH is 1. The number of anilines is 1. The number of thiazole rings is 1. The highest BCUT2D eigenvalue weighted by Gasteiger charge is 2.23. The van der Waals surface area contributed by atoms with Gasteiger partial charge in [-0.3, -0.25) is 10.1 Å². The first kappa shape index (κ1) is 24.2. The molecular weight excluding hydrogens is 452 g/mol. The highest BCUT2D eigenvalue weighted by Crippen LogP contribution is 2.31. The smallest absolute Gasteiger partial charge is 0.340 e. The van der Waals surface area contributed by atoms with Gasteiger partial charge in [0.25, 0.3) is 5.91 Å². The molecule has 1 aromatic heterocycles. The third-order valence-electron chi connectivity index (χ3n) is 4.93. The average molecular weight is 479 g/mol. The Morgan fingerprint density at radius 1 is 1.31 bits per heavy atom. The van der Waals surface area contributed by atoms with Crippen LogP contribution in [0.4, 0.5) is 5.13 Å². The molecule has 32 heavy (non-hydrogen) atoms. The van der Waals surface area contributed by atoms with Gasteiger partial charge < -0.3 is 14.7 Å². The molecule has 0 bridgehead atoms. The molecule has 10 heteroatoms. The fourth-order valence-corrected chi connectivity index (χ4v) is 4.33. The fraction of sp³-hybridized carbons (Fsp3) is 0.409. The van der Waals surface area contributed by atoms with E-state index < -0.39 is 12.1 Å². The van der Waals surface area contributed by atoms with Crippen LogP contribution < -0.4 is 10.2 Å². The summed E-state index contributed by atoms with van der Waals surface area (Å²) in [5.74, 6) is -0.189. The molecule has 1 saturated carbocycles. The Morgan fingerprint density at radius 2 is 2.03 bits per heavy atom. The Bertz CT molecular complexity index is 938. The molecule has 172 valence electrons. The second-order valence-corrected chi connectivity index (χ2v) is 8.68. The summed E-state index contributed by atoms with van der Waals surface area (Å²) in [5, 5.41) is 13.2. The van der Waals surface area contributed by atoms with Gasteiger partial charge in [-0.05, 0) is 43.4 Å². The van der Waals surface area contributed by atoms with Gasteiger partial charge >= 0.3 is 5.97 Å². The van der Waals surface area contributed by atoms with Crippen molar-refractivity contribution >= 4 is 46.0 Å². The molecule has 0 aliphatic heterocycles. The van der Waals surface area contributed by atoms with Crippen molar-refractivity contribution in [1.82, 2.24) is 4.98 Å². The number of rotatable bonds is 10. The van der Waals surface area contributed by atoms with E-state index in [4.69, 9.17) is 14.0 Å². The number of hydrogen-bond acceptors (Lipinski definition) is 9. The van der Waals surface area contributed by atoms with Crippen molar-refractivity contribution in [2.24, 2.45) is 5.92 Å². The Labute approximate surface area is 195 Å². The predicted octanol–water partition coefficient (Wildman–Crippen LogP) is 4.54. The summed E-state index contributed by atoms with van der Waals surface area (Å²) in [6.45, 7) is 1.83. The minimum atomic E-state index is -1.43. The van der Waals surface area contributed by atoms with Gasteiger partial charge in [-0.2, -0.15) is 0 Å². The normalized spacial score (nSPS) is 15.4. The Balaban J connectivity index is 1.77. The van der Waals surface area contributed by atoms with Crippen LogP contribution in [0.3, 0.4) is 0 Å². The number of nitrogens with one attached hydrogen (secondary N) is 1. The lowest BCUT2D eigenvalue weighted by atomic mass is 9.98. The highest BCUT2D eigenvalue weighted by molar-refractivity contribution is 7.93. The topological polar surface area (TPSA) is 107 Å². The number of esters is 1. The summed E-state index contributed by atoms with van der Waals surface area (Å²) in [6, 6.07) is 7.07. The summed E-state index contributed by atoms with van der Waals surface area (Å²) in [4.78, 5) is 34.4. The first-order chi connectivity index (χ1) is 15.5. The second kappa shape index (κ2) is 12.0. The van der Waals surface area contributed by atoms with E-state index in [2.05, 4.69) is 10.3 Å². The predicted molar refractivity (Wildman–Crippen MR) is 124 cm³/mol. The van der Waals surface area contributed by atoms with Crippen LogP contribution >= 0.6 is 23.4 Å². The lowest BCUT2D eigenvalue weighted by molar-refractivity contribution is -0.153. The molecule has 0 spiro atoms. The minimum absolute atomic E-state index is 0.168. The number of benzene rings is 1. The number of amides is 1. The molecule has 1 heterocycles. The maximum atomic E-state index is 13.1. The first-order valence-electron chi connectivity index (χ1n) is 10.3. The van der Waals surface area contributed by atoms with E-state index >= 15 is 0 Å². The van der Waals surface area contributed by atoms with Gasteiger partial charge in [-0.1, -0.05) is 42.4 Å². The van der Waals surface area contributed by atoms with E-state index in [1.165, 1.54) is 6.20 Å². The monoisotopic (exact) mass is 478 g/mol. The van der Waals surface area contributed by atoms with E-state index in [-0.39, 0.29) is 12.5 Å². The SMILES string of the molecule is CCOC(=O)C(O)c1cnc(NC(=O)C(=CC2CCCC2)c2ccc(OOSC)cc2)s1. The van der Waals surface area contributed by atoms with Crippen molar-refractivity contribution in [2.75, 3.05) is 18.2 Å². The molecule has 1 aliphatic rings. The summed E-state index contributed by atoms with van der Waals surface area (Å²) in [6.07, 6.45) is 8.09. The maximum absolute atomic E-state index is 13.1. The van der Waals surface area contributed by atoms with E-state index in [0.717, 1.165) is 54.6 Å². The number of allylic oxidation sites excluding steroid dienone is 1. The molecular formula is C22H26N2O6S2. The number of nitrogens with zero attached hydrogens (tertiary/aromatic N) is 1. The van der Waals surface area contributed by atoms with Crippen LogP contribution in [0.5, 0.6) is 5.75 Å². The number of hydrogen-bond donors (Lipinski definition) is 2. The van der Waals surface area contributed by atoms with Gasteiger partial charge in [0.05, 0.1) is 11.5 Å². The molecule has 1 aliphatic carbocycles. The minimum Gasteiger partial charge on any atom is -0.464 e. The van der Waals surface area contributed by atoms with Crippen LogP contribution in [-0.4, -0.2) is 34.8 Å². The zero-order valence-electron chi connectivity index (χ0n) is 17.9. The largest absolute Gasteiger partial charge is 0.464 e. The van der Waals surface area contributed by atoms with Crippen LogP contribution in [0.2, 0.25) is 0 Å². The van der Waals surface area contributed by atoms with Crippen molar-refractivity contribution in [3.05, 3.63) is 47.0 Å². The summed E-state index contributed by atoms with van der Waals surface area (Å²) < 4.78 is 9.70. The number of carbonyl (C=O) groups excluding carboxylic acids is 2. The average Bonchev–Trinajstić information content (AvgIpc) is 3.48. The maximum Gasteiger partial charge on any atom is 0.340 e. The first-order valence-corrected chi connectivity index (χ1v) is 12.3. The Morgan fingerprint density at radius 3 is 2.69 bits per heavy atom. The fourth-order valence-electron chi connectivity index (χ4n) is 3.40. The van der Waals surface area contributed by atoms with Crippen LogP contribution in [0.1, 0.15) is 49.2 Å². The number of carbonyl (C=O) groups is 2. The lowest BCUT2D eigenvalue weighted by Gasteiger charge is -2.11. The molecule has 1 fully saturated rings.